The molecule has 3 rings (SSSR count). The number of halogens is 1. The molecule has 7 nitrogen and oxygen atoms in total. The molecule has 3 aromatic rings. The third-order valence-corrected chi connectivity index (χ3v) is 3.81. The zero-order valence-electron chi connectivity index (χ0n) is 13.2. The van der Waals surface area contributed by atoms with Crippen molar-refractivity contribution in [2.45, 2.75) is 6.92 Å². The summed E-state index contributed by atoms with van der Waals surface area (Å²) >= 11 is 5.94. The van der Waals surface area contributed by atoms with Gasteiger partial charge in [-0.25, -0.2) is 0 Å². The predicted octanol–water partition coefficient (Wildman–Crippen LogP) is 3.22. The van der Waals surface area contributed by atoms with E-state index < -0.39 is 5.91 Å². The number of hydrogen-bond donors (Lipinski definition) is 3. The Morgan fingerprint density at radius 2 is 2.12 bits per heavy atom. The molecule has 0 radical (unpaired) electrons. The maximum absolute atomic E-state index is 12.3. The first-order valence-electron chi connectivity index (χ1n) is 7.43. The molecule has 25 heavy (non-hydrogen) atoms. The van der Waals surface area contributed by atoms with Crippen molar-refractivity contribution in [2.24, 2.45) is 0 Å². The molecule has 2 heterocycles. The fourth-order valence-corrected chi connectivity index (χ4v) is 2.55. The monoisotopic (exact) mass is 359 g/mol. The average Bonchev–Trinajstić information content (AvgIpc) is 3.04. The van der Waals surface area contributed by atoms with Crippen molar-refractivity contribution in [2.75, 3.05) is 6.54 Å². The Kier molecular flexibility index (Phi) is 4.58. The first-order valence-corrected chi connectivity index (χ1v) is 7.80. The van der Waals surface area contributed by atoms with Gasteiger partial charge in [-0.05, 0) is 19.1 Å². The summed E-state index contributed by atoms with van der Waals surface area (Å²) in [4.78, 5) is 16.4. The zero-order valence-corrected chi connectivity index (χ0v) is 13.9. The number of aromatic nitrogens is 2. The summed E-state index contributed by atoms with van der Waals surface area (Å²) in [5, 5.41) is 26.3. The zero-order chi connectivity index (χ0) is 18.0. The Morgan fingerprint density at radius 3 is 2.80 bits per heavy atom. The van der Waals surface area contributed by atoms with Crippen molar-refractivity contribution >= 4 is 17.5 Å². The molecule has 0 aliphatic rings. The predicted molar refractivity (Wildman–Crippen MR) is 91.5 cm³/mol. The molecule has 0 bridgehead atoms. The highest BCUT2D eigenvalue weighted by atomic mass is 35.5. The molecule has 3 N–H and O–H groups in total. The highest BCUT2D eigenvalue weighted by Gasteiger charge is 2.26. The molecule has 0 atom stereocenters. The van der Waals surface area contributed by atoms with E-state index in [1.54, 1.807) is 31.5 Å². The number of phenols is 2. The van der Waals surface area contributed by atoms with Gasteiger partial charge in [0.25, 0.3) is 5.91 Å². The van der Waals surface area contributed by atoms with Crippen LogP contribution in [0.5, 0.6) is 11.5 Å². The topological polar surface area (TPSA) is 108 Å². The molecule has 1 amide bonds. The van der Waals surface area contributed by atoms with Crippen LogP contribution in [0.1, 0.15) is 17.4 Å². The quantitative estimate of drug-likeness (QED) is 0.660. The Balaban J connectivity index is 2.25. The summed E-state index contributed by atoms with van der Waals surface area (Å²) in [5.74, 6) is -0.797. The van der Waals surface area contributed by atoms with Crippen LogP contribution in [-0.4, -0.2) is 32.8 Å². The number of phenolic OH excluding ortho intramolecular Hbond substituents is 2. The average molecular weight is 360 g/mol. The van der Waals surface area contributed by atoms with Crippen molar-refractivity contribution < 1.29 is 19.5 Å². The highest BCUT2D eigenvalue weighted by molar-refractivity contribution is 6.32. The Bertz CT molecular complexity index is 925. The Hall–Kier alpha value is -3.06. The maximum atomic E-state index is 12.3. The minimum Gasteiger partial charge on any atom is -0.507 e. The van der Waals surface area contributed by atoms with Crippen molar-refractivity contribution in [1.82, 2.24) is 15.5 Å². The summed E-state index contributed by atoms with van der Waals surface area (Å²) in [6.07, 6.45) is 3.15. The third kappa shape index (κ3) is 3.14. The van der Waals surface area contributed by atoms with Gasteiger partial charge in [-0.15, -0.1) is 0 Å². The molecule has 0 spiro atoms. The summed E-state index contributed by atoms with van der Waals surface area (Å²) in [5.41, 5.74) is 1.22. The van der Waals surface area contributed by atoms with Crippen LogP contribution in [0.25, 0.3) is 22.5 Å². The van der Waals surface area contributed by atoms with Crippen LogP contribution < -0.4 is 5.32 Å². The normalized spacial score (nSPS) is 10.6. The lowest BCUT2D eigenvalue weighted by Gasteiger charge is -2.07. The van der Waals surface area contributed by atoms with Crippen LogP contribution >= 0.6 is 11.6 Å². The van der Waals surface area contributed by atoms with Gasteiger partial charge in [-0.2, -0.15) is 0 Å². The van der Waals surface area contributed by atoms with Gasteiger partial charge in [0.2, 0.25) is 0 Å². The van der Waals surface area contributed by atoms with E-state index in [9.17, 15) is 15.0 Å². The molecule has 8 heteroatoms. The second-order valence-electron chi connectivity index (χ2n) is 5.16. The van der Waals surface area contributed by atoms with Gasteiger partial charge in [-0.3, -0.25) is 9.78 Å². The van der Waals surface area contributed by atoms with E-state index in [4.69, 9.17) is 16.1 Å². The summed E-state index contributed by atoms with van der Waals surface area (Å²) in [6, 6.07) is 5.88. The number of hydrogen-bond acceptors (Lipinski definition) is 6. The van der Waals surface area contributed by atoms with Crippen LogP contribution in [0, 0.1) is 0 Å². The number of rotatable bonds is 4. The minimum absolute atomic E-state index is 0.0286. The molecule has 0 fully saturated rings. The van der Waals surface area contributed by atoms with E-state index in [-0.39, 0.29) is 33.5 Å². The smallest absolute Gasteiger partial charge is 0.274 e. The van der Waals surface area contributed by atoms with Gasteiger partial charge < -0.3 is 20.1 Å². The lowest BCUT2D eigenvalue weighted by Crippen LogP contribution is -2.23. The van der Waals surface area contributed by atoms with Crippen LogP contribution in [0.4, 0.5) is 0 Å². The molecule has 0 saturated carbocycles. The molecular weight excluding hydrogens is 346 g/mol. The molecule has 1 aromatic carbocycles. The van der Waals surface area contributed by atoms with E-state index in [2.05, 4.69) is 15.5 Å². The number of amides is 1. The SMILES string of the molecule is CCNC(=O)c1noc(-c2cc(Cl)c(O)cc2O)c1-c1cccnc1. The van der Waals surface area contributed by atoms with Gasteiger partial charge in [0, 0.05) is 30.6 Å². The fraction of sp³-hybridized carbons (Fsp3) is 0.118. The summed E-state index contributed by atoms with van der Waals surface area (Å²) in [6.45, 7) is 2.21. The standard InChI is InChI=1S/C17H14ClN3O4/c1-2-20-17(24)15-14(9-4-3-5-19-8-9)16(25-21-15)10-6-11(18)13(23)7-12(10)22/h3-8,22-23H,2H2,1H3,(H,20,24). The van der Waals surface area contributed by atoms with E-state index >= 15 is 0 Å². The molecule has 2 aromatic heterocycles. The highest BCUT2D eigenvalue weighted by Crippen LogP contribution is 2.42. The molecule has 0 aliphatic carbocycles. The Morgan fingerprint density at radius 1 is 1.32 bits per heavy atom. The van der Waals surface area contributed by atoms with E-state index in [1.165, 1.54) is 6.07 Å². The van der Waals surface area contributed by atoms with Gasteiger partial charge in [-0.1, -0.05) is 22.8 Å². The molecular formula is C17H14ClN3O4. The van der Waals surface area contributed by atoms with Crippen molar-refractivity contribution in [3.8, 4) is 33.9 Å². The number of nitrogens with zero attached hydrogens (tertiary/aromatic N) is 2. The molecule has 0 saturated heterocycles. The number of nitrogens with one attached hydrogen (secondary N) is 1. The Labute approximate surface area is 147 Å². The van der Waals surface area contributed by atoms with Crippen LogP contribution in [0.15, 0.2) is 41.2 Å². The fourth-order valence-electron chi connectivity index (χ4n) is 2.38. The number of carbonyl (C=O) groups excluding carboxylic acids is 1. The third-order valence-electron chi connectivity index (χ3n) is 3.50. The maximum Gasteiger partial charge on any atom is 0.274 e. The number of pyridine rings is 1. The van der Waals surface area contributed by atoms with Crippen LogP contribution in [0.2, 0.25) is 5.02 Å². The van der Waals surface area contributed by atoms with E-state index in [0.717, 1.165) is 6.07 Å². The first kappa shape index (κ1) is 16.8. The summed E-state index contributed by atoms with van der Waals surface area (Å²) in [7, 11) is 0. The number of benzene rings is 1. The van der Waals surface area contributed by atoms with Gasteiger partial charge >= 0.3 is 0 Å². The minimum atomic E-state index is -0.416. The second kappa shape index (κ2) is 6.82. The van der Waals surface area contributed by atoms with Crippen molar-refractivity contribution in [3.63, 3.8) is 0 Å². The lowest BCUT2D eigenvalue weighted by atomic mass is 9.99. The molecule has 128 valence electrons. The van der Waals surface area contributed by atoms with Crippen LogP contribution in [0.3, 0.4) is 0 Å². The molecule has 0 unspecified atom stereocenters. The van der Waals surface area contributed by atoms with Gasteiger partial charge in [0.05, 0.1) is 16.1 Å². The van der Waals surface area contributed by atoms with Crippen molar-refractivity contribution in [3.05, 3.63) is 47.4 Å². The van der Waals surface area contributed by atoms with Crippen molar-refractivity contribution in [1.29, 1.82) is 0 Å². The van der Waals surface area contributed by atoms with E-state index in [0.29, 0.717) is 17.7 Å². The number of aromatic hydroxyl groups is 2. The number of carbonyl (C=O) groups is 1. The largest absolute Gasteiger partial charge is 0.507 e. The van der Waals surface area contributed by atoms with Crippen LogP contribution in [-0.2, 0) is 0 Å². The lowest BCUT2D eigenvalue weighted by molar-refractivity contribution is 0.0947. The van der Waals surface area contributed by atoms with Gasteiger partial charge in [0.15, 0.2) is 11.5 Å². The van der Waals surface area contributed by atoms with Gasteiger partial charge in [0.1, 0.15) is 11.5 Å². The summed E-state index contributed by atoms with van der Waals surface area (Å²) < 4.78 is 5.34. The second-order valence-corrected chi connectivity index (χ2v) is 5.56. The molecule has 0 aliphatic heterocycles. The van der Waals surface area contributed by atoms with E-state index in [1.807, 2.05) is 0 Å². The first-order chi connectivity index (χ1) is 12.0.